The van der Waals surface area contributed by atoms with Crippen LogP contribution in [0.2, 0.25) is 0 Å². The Balaban J connectivity index is 0.000000288. The molecular formula is C8H16N2O4S. The standard InChI is InChI=1S/C7H13N2.CH4O4S/c1-4-7-8(2)5-6-9(7)3;1-5-6(2,3)4/h5-6H,4H2,1-3H3;1H3,(H,2,3,4)/q+1;/p-1. The summed E-state index contributed by atoms with van der Waals surface area (Å²) in [6.45, 7) is 2.16. The molecule has 15 heavy (non-hydrogen) atoms. The van der Waals surface area contributed by atoms with Gasteiger partial charge in [-0.25, -0.2) is 17.6 Å². The highest BCUT2D eigenvalue weighted by Gasteiger charge is 2.05. The van der Waals surface area contributed by atoms with Gasteiger partial charge in [0.1, 0.15) is 12.4 Å². The van der Waals surface area contributed by atoms with E-state index in [1.807, 2.05) is 0 Å². The van der Waals surface area contributed by atoms with Crippen molar-refractivity contribution in [3.05, 3.63) is 18.2 Å². The van der Waals surface area contributed by atoms with Crippen LogP contribution in [0.5, 0.6) is 0 Å². The third-order valence-electron chi connectivity index (χ3n) is 1.85. The number of rotatable bonds is 2. The fourth-order valence-corrected chi connectivity index (χ4v) is 1.12. The van der Waals surface area contributed by atoms with Crippen LogP contribution in [0.4, 0.5) is 0 Å². The van der Waals surface area contributed by atoms with Crippen LogP contribution in [0.1, 0.15) is 12.7 Å². The normalized spacial score (nSPS) is 10.7. The van der Waals surface area contributed by atoms with Crippen molar-refractivity contribution in [2.24, 2.45) is 14.1 Å². The molecule has 0 amide bonds. The lowest BCUT2D eigenvalue weighted by Crippen LogP contribution is -2.31. The first-order valence-electron chi connectivity index (χ1n) is 4.33. The Labute approximate surface area is 90.1 Å². The van der Waals surface area contributed by atoms with Crippen molar-refractivity contribution in [1.82, 2.24) is 4.57 Å². The number of nitrogens with zero attached hydrogens (tertiary/aromatic N) is 2. The lowest BCUT2D eigenvalue weighted by atomic mass is 10.4. The molecule has 0 fully saturated rings. The Bertz CT molecular complexity index is 377. The van der Waals surface area contributed by atoms with Crippen molar-refractivity contribution in [2.45, 2.75) is 13.3 Å². The highest BCUT2D eigenvalue weighted by Crippen LogP contribution is 1.89. The monoisotopic (exact) mass is 236 g/mol. The fourth-order valence-electron chi connectivity index (χ4n) is 1.12. The summed E-state index contributed by atoms with van der Waals surface area (Å²) < 4.78 is 35.3. The molecule has 0 N–H and O–H groups in total. The minimum Gasteiger partial charge on any atom is -0.726 e. The number of hydrogen-bond acceptors (Lipinski definition) is 4. The summed E-state index contributed by atoms with van der Waals surface area (Å²) in [5.74, 6) is 1.36. The van der Waals surface area contributed by atoms with E-state index in [4.69, 9.17) is 0 Å². The predicted molar refractivity (Wildman–Crippen MR) is 52.7 cm³/mol. The van der Waals surface area contributed by atoms with E-state index in [1.54, 1.807) is 0 Å². The van der Waals surface area contributed by atoms with Gasteiger partial charge in [-0.15, -0.1) is 0 Å². The van der Waals surface area contributed by atoms with Crippen LogP contribution in [0.25, 0.3) is 0 Å². The van der Waals surface area contributed by atoms with Gasteiger partial charge in [0.05, 0.1) is 21.2 Å². The molecule has 0 aliphatic rings. The maximum atomic E-state index is 9.22. The molecule has 0 atom stereocenters. The van der Waals surface area contributed by atoms with Gasteiger partial charge < -0.3 is 4.55 Å². The molecule has 0 bridgehead atoms. The van der Waals surface area contributed by atoms with E-state index in [1.165, 1.54) is 5.82 Å². The van der Waals surface area contributed by atoms with Gasteiger partial charge in [-0.05, 0) is 0 Å². The van der Waals surface area contributed by atoms with Crippen LogP contribution in [0, 0.1) is 0 Å². The van der Waals surface area contributed by atoms with Gasteiger partial charge in [-0.2, -0.15) is 0 Å². The summed E-state index contributed by atoms with van der Waals surface area (Å²) in [6, 6.07) is 0. The lowest BCUT2D eigenvalue weighted by molar-refractivity contribution is -0.678. The molecule has 0 spiro atoms. The molecule has 6 nitrogen and oxygen atoms in total. The van der Waals surface area contributed by atoms with Crippen molar-refractivity contribution < 1.29 is 21.7 Å². The molecule has 0 aliphatic carbocycles. The van der Waals surface area contributed by atoms with E-state index in [0.717, 1.165) is 13.5 Å². The van der Waals surface area contributed by atoms with E-state index < -0.39 is 10.4 Å². The second-order valence-corrected chi connectivity index (χ2v) is 4.01. The van der Waals surface area contributed by atoms with E-state index in [-0.39, 0.29) is 0 Å². The van der Waals surface area contributed by atoms with E-state index in [0.29, 0.717) is 0 Å². The first-order valence-corrected chi connectivity index (χ1v) is 5.66. The second-order valence-electron chi connectivity index (χ2n) is 2.86. The van der Waals surface area contributed by atoms with Gasteiger partial charge in [0.25, 0.3) is 5.82 Å². The van der Waals surface area contributed by atoms with Gasteiger partial charge in [0.2, 0.25) is 10.4 Å². The van der Waals surface area contributed by atoms with E-state index >= 15 is 0 Å². The summed E-state index contributed by atoms with van der Waals surface area (Å²) in [5.41, 5.74) is 0. The third kappa shape index (κ3) is 5.50. The van der Waals surface area contributed by atoms with E-state index in [2.05, 4.69) is 46.7 Å². The first kappa shape index (κ1) is 14.1. The number of imidazole rings is 1. The largest absolute Gasteiger partial charge is 0.726 e. The molecule has 0 unspecified atom stereocenters. The highest BCUT2D eigenvalue weighted by atomic mass is 32.3. The molecular weight excluding hydrogens is 220 g/mol. The van der Waals surface area contributed by atoms with Crippen LogP contribution in [0.15, 0.2) is 12.4 Å². The first-order chi connectivity index (χ1) is 6.81. The Kier molecular flexibility index (Phi) is 5.48. The molecule has 0 saturated heterocycles. The SMILES string of the molecule is CCc1n(C)cc[n+]1C.COS(=O)(=O)[O-]. The lowest BCUT2D eigenvalue weighted by Gasteiger charge is -1.98. The zero-order valence-electron chi connectivity index (χ0n) is 9.30. The molecule has 0 aromatic carbocycles. The molecule has 0 saturated carbocycles. The summed E-state index contributed by atoms with van der Waals surface area (Å²) in [5, 5.41) is 0. The Morgan fingerprint density at radius 2 is 2.07 bits per heavy atom. The van der Waals surface area contributed by atoms with Crippen LogP contribution in [-0.4, -0.2) is 24.6 Å². The fraction of sp³-hybridized carbons (Fsp3) is 0.625. The minimum atomic E-state index is -4.41. The molecule has 7 heteroatoms. The van der Waals surface area contributed by atoms with Crippen molar-refractivity contribution in [3.8, 4) is 0 Å². The van der Waals surface area contributed by atoms with Gasteiger partial charge in [0, 0.05) is 6.42 Å². The smallest absolute Gasteiger partial charge is 0.255 e. The average molecular weight is 236 g/mol. The Morgan fingerprint density at radius 1 is 1.60 bits per heavy atom. The quantitative estimate of drug-likeness (QED) is 0.394. The average Bonchev–Trinajstić information content (AvgIpc) is 2.46. The zero-order valence-corrected chi connectivity index (χ0v) is 10.1. The van der Waals surface area contributed by atoms with E-state index in [9.17, 15) is 13.0 Å². The molecule has 1 aromatic rings. The molecule has 0 radical (unpaired) electrons. The van der Waals surface area contributed by atoms with Crippen molar-refractivity contribution >= 4 is 10.4 Å². The molecule has 1 rings (SSSR count). The third-order valence-corrected chi connectivity index (χ3v) is 2.26. The summed E-state index contributed by atoms with van der Waals surface area (Å²) in [6.07, 6.45) is 5.23. The summed E-state index contributed by atoms with van der Waals surface area (Å²) in [4.78, 5) is 0. The van der Waals surface area contributed by atoms with Crippen LogP contribution >= 0.6 is 0 Å². The van der Waals surface area contributed by atoms with Crippen molar-refractivity contribution in [1.29, 1.82) is 0 Å². The topological polar surface area (TPSA) is 75.2 Å². The second kappa shape index (κ2) is 5.84. The van der Waals surface area contributed by atoms with Gasteiger partial charge in [-0.3, -0.25) is 4.18 Å². The van der Waals surface area contributed by atoms with Crippen LogP contribution in [-0.2, 0) is 35.1 Å². The van der Waals surface area contributed by atoms with Crippen LogP contribution < -0.4 is 4.57 Å². The maximum Gasteiger partial charge on any atom is 0.255 e. The molecule has 1 aromatic heterocycles. The van der Waals surface area contributed by atoms with Gasteiger partial charge in [-0.1, -0.05) is 6.92 Å². The van der Waals surface area contributed by atoms with Gasteiger partial charge >= 0.3 is 0 Å². The Morgan fingerprint density at radius 3 is 2.20 bits per heavy atom. The highest BCUT2D eigenvalue weighted by molar-refractivity contribution is 7.80. The number of aryl methyl sites for hydroxylation is 2. The number of hydrogen-bond donors (Lipinski definition) is 0. The van der Waals surface area contributed by atoms with Crippen molar-refractivity contribution in [2.75, 3.05) is 7.11 Å². The Hall–Kier alpha value is -0.920. The summed E-state index contributed by atoms with van der Waals surface area (Å²) >= 11 is 0. The van der Waals surface area contributed by atoms with Crippen molar-refractivity contribution in [3.63, 3.8) is 0 Å². The van der Waals surface area contributed by atoms with Gasteiger partial charge in [0.15, 0.2) is 0 Å². The molecule has 88 valence electrons. The minimum absolute atomic E-state index is 0.808. The zero-order chi connectivity index (χ0) is 12.1. The van der Waals surface area contributed by atoms with Crippen LogP contribution in [0.3, 0.4) is 0 Å². The molecule has 0 aliphatic heterocycles. The number of aromatic nitrogens is 2. The predicted octanol–water partition coefficient (Wildman–Crippen LogP) is -0.495. The molecule has 1 heterocycles. The summed E-state index contributed by atoms with van der Waals surface area (Å²) in [7, 11) is 0.532. The maximum absolute atomic E-state index is 9.22.